The highest BCUT2D eigenvalue weighted by Crippen LogP contribution is 2.33. The van der Waals surface area contributed by atoms with E-state index in [-0.39, 0.29) is 24.0 Å². The van der Waals surface area contributed by atoms with Crippen molar-refractivity contribution in [1.82, 2.24) is 9.97 Å². The number of fused-ring (bicyclic) bond motifs is 1. The molecule has 5 rings (SSSR count). The van der Waals surface area contributed by atoms with Gasteiger partial charge in [0.05, 0.1) is 12.8 Å². The Morgan fingerprint density at radius 1 is 1.14 bits per heavy atom. The summed E-state index contributed by atoms with van der Waals surface area (Å²) < 4.78 is 15.9. The molecule has 0 spiro atoms. The molecule has 2 heterocycles. The molecule has 1 aliphatic heterocycles. The van der Waals surface area contributed by atoms with Crippen molar-refractivity contribution in [2.75, 3.05) is 19.2 Å². The van der Waals surface area contributed by atoms with Gasteiger partial charge >= 0.3 is 0 Å². The van der Waals surface area contributed by atoms with E-state index >= 15 is 0 Å². The molecular weight excluding hydrogens is 492 g/mol. The zero-order valence-corrected chi connectivity index (χ0v) is 20.4. The predicted octanol–water partition coefficient (Wildman–Crippen LogP) is 4.59. The molecule has 0 aliphatic carbocycles. The summed E-state index contributed by atoms with van der Waals surface area (Å²) in [7, 11) is 1.54. The van der Waals surface area contributed by atoms with Crippen molar-refractivity contribution in [2.45, 2.75) is 10.9 Å². The molecule has 3 aromatic carbocycles. The highest BCUT2D eigenvalue weighted by Gasteiger charge is 2.17. The number of anilines is 1. The number of aromatic amines is 1. The van der Waals surface area contributed by atoms with Gasteiger partial charge < -0.3 is 24.5 Å². The molecule has 37 heavy (non-hydrogen) atoms. The number of nitrogens with one attached hydrogen (secondary N) is 2. The molecule has 0 fully saturated rings. The second kappa shape index (κ2) is 10.5. The van der Waals surface area contributed by atoms with E-state index in [1.165, 1.54) is 11.8 Å². The van der Waals surface area contributed by atoms with Crippen LogP contribution in [0.3, 0.4) is 0 Å². The molecule has 184 valence electrons. The Balaban J connectivity index is 1.32. The molecule has 0 saturated heterocycles. The van der Waals surface area contributed by atoms with Crippen molar-refractivity contribution in [3.8, 4) is 34.6 Å². The van der Waals surface area contributed by atoms with Gasteiger partial charge in [0.1, 0.15) is 17.4 Å². The normalized spacial score (nSPS) is 11.6. The maximum Gasteiger partial charge on any atom is 0.270 e. The summed E-state index contributed by atoms with van der Waals surface area (Å²) in [5.74, 6) is 1.94. The lowest BCUT2D eigenvalue weighted by Gasteiger charge is -2.09. The molecule has 0 unspecified atom stereocenters. The summed E-state index contributed by atoms with van der Waals surface area (Å²) in [5.41, 5.74) is 2.30. The SMILES string of the molecule is COc1cccc(-c2nc(SCc3cccc(NC(=O)c4ccc5c(c4)OCO5)c3)[nH]c(=O)c2C#N)c1. The van der Waals surface area contributed by atoms with Crippen molar-refractivity contribution in [1.29, 1.82) is 5.26 Å². The number of carbonyl (C=O) groups excluding carboxylic acids is 1. The smallest absolute Gasteiger partial charge is 0.270 e. The van der Waals surface area contributed by atoms with Crippen LogP contribution in [0.25, 0.3) is 11.3 Å². The molecule has 2 N–H and O–H groups in total. The first-order valence-corrected chi connectivity index (χ1v) is 12.1. The van der Waals surface area contributed by atoms with Gasteiger partial charge in [0.15, 0.2) is 16.7 Å². The quantitative estimate of drug-likeness (QED) is 0.272. The number of rotatable bonds is 7. The van der Waals surface area contributed by atoms with Crippen LogP contribution in [-0.2, 0) is 5.75 Å². The lowest BCUT2D eigenvalue weighted by Crippen LogP contribution is -2.14. The first-order valence-electron chi connectivity index (χ1n) is 11.2. The van der Waals surface area contributed by atoms with Crippen molar-refractivity contribution in [2.24, 2.45) is 0 Å². The van der Waals surface area contributed by atoms with E-state index < -0.39 is 5.56 Å². The maximum absolute atomic E-state index is 12.7. The third-order valence-electron chi connectivity index (χ3n) is 5.55. The van der Waals surface area contributed by atoms with Gasteiger partial charge in [-0.05, 0) is 48.0 Å². The van der Waals surface area contributed by atoms with E-state index in [0.717, 1.165) is 5.56 Å². The Bertz CT molecular complexity index is 1590. The lowest BCUT2D eigenvalue weighted by molar-refractivity contribution is 0.102. The number of benzene rings is 3. The molecule has 10 heteroatoms. The second-order valence-corrected chi connectivity index (χ2v) is 8.91. The van der Waals surface area contributed by atoms with Gasteiger partial charge in [-0.1, -0.05) is 36.0 Å². The lowest BCUT2D eigenvalue weighted by atomic mass is 10.1. The first kappa shape index (κ1) is 24.0. The number of nitriles is 1. The van der Waals surface area contributed by atoms with E-state index in [1.807, 2.05) is 24.3 Å². The van der Waals surface area contributed by atoms with Crippen molar-refractivity contribution in [3.05, 3.63) is 93.8 Å². The number of hydrogen-bond acceptors (Lipinski definition) is 8. The van der Waals surface area contributed by atoms with Gasteiger partial charge in [0.2, 0.25) is 6.79 Å². The number of hydrogen-bond donors (Lipinski definition) is 2. The van der Waals surface area contributed by atoms with Crippen LogP contribution in [0.4, 0.5) is 5.69 Å². The summed E-state index contributed by atoms with van der Waals surface area (Å²) in [5, 5.41) is 12.8. The van der Waals surface area contributed by atoms with Crippen LogP contribution >= 0.6 is 11.8 Å². The van der Waals surface area contributed by atoms with Crippen LogP contribution in [0.1, 0.15) is 21.5 Å². The fourth-order valence-electron chi connectivity index (χ4n) is 3.74. The second-order valence-electron chi connectivity index (χ2n) is 7.95. The molecule has 0 atom stereocenters. The van der Waals surface area contributed by atoms with E-state index in [4.69, 9.17) is 14.2 Å². The van der Waals surface area contributed by atoms with Crippen molar-refractivity contribution in [3.63, 3.8) is 0 Å². The van der Waals surface area contributed by atoms with Crippen LogP contribution in [-0.4, -0.2) is 29.8 Å². The Labute approximate surface area is 216 Å². The van der Waals surface area contributed by atoms with Gasteiger partial charge in [-0.25, -0.2) is 4.98 Å². The molecule has 1 amide bonds. The Kier molecular flexibility index (Phi) is 6.78. The van der Waals surface area contributed by atoms with Gasteiger partial charge in [0, 0.05) is 22.6 Å². The van der Waals surface area contributed by atoms with Gasteiger partial charge in [0.25, 0.3) is 11.5 Å². The fraction of sp³-hybridized carbons (Fsp3) is 0.111. The average molecular weight is 513 g/mol. The van der Waals surface area contributed by atoms with E-state index in [0.29, 0.717) is 45.0 Å². The molecule has 1 aromatic heterocycles. The maximum atomic E-state index is 12.7. The number of methoxy groups -OCH3 is 1. The highest BCUT2D eigenvalue weighted by atomic mass is 32.2. The van der Waals surface area contributed by atoms with Gasteiger partial charge in [-0.2, -0.15) is 5.26 Å². The van der Waals surface area contributed by atoms with E-state index in [2.05, 4.69) is 15.3 Å². The molecule has 1 aliphatic rings. The topological polar surface area (TPSA) is 126 Å². The summed E-state index contributed by atoms with van der Waals surface area (Å²) in [6.07, 6.45) is 0. The number of thioether (sulfide) groups is 1. The molecule has 0 bridgehead atoms. The predicted molar refractivity (Wildman–Crippen MR) is 138 cm³/mol. The highest BCUT2D eigenvalue weighted by molar-refractivity contribution is 7.98. The number of aromatic nitrogens is 2. The Morgan fingerprint density at radius 3 is 2.81 bits per heavy atom. The van der Waals surface area contributed by atoms with Crippen LogP contribution < -0.4 is 25.1 Å². The van der Waals surface area contributed by atoms with Crippen LogP contribution in [0, 0.1) is 11.3 Å². The number of carbonyl (C=O) groups is 1. The van der Waals surface area contributed by atoms with Crippen LogP contribution in [0.2, 0.25) is 0 Å². The minimum Gasteiger partial charge on any atom is -0.497 e. The number of amides is 1. The largest absolute Gasteiger partial charge is 0.497 e. The van der Waals surface area contributed by atoms with E-state index in [1.54, 1.807) is 55.6 Å². The number of H-pyrrole nitrogens is 1. The summed E-state index contributed by atoms with van der Waals surface area (Å²) in [6, 6.07) is 21.4. The number of ether oxygens (including phenoxy) is 3. The molecule has 0 saturated carbocycles. The summed E-state index contributed by atoms with van der Waals surface area (Å²) in [6.45, 7) is 0.139. The molecule has 0 radical (unpaired) electrons. The monoisotopic (exact) mass is 512 g/mol. The van der Waals surface area contributed by atoms with E-state index in [9.17, 15) is 14.9 Å². The zero-order chi connectivity index (χ0) is 25.8. The zero-order valence-electron chi connectivity index (χ0n) is 19.6. The Hall–Kier alpha value is -4.75. The van der Waals surface area contributed by atoms with Crippen molar-refractivity contribution >= 4 is 23.4 Å². The first-order chi connectivity index (χ1) is 18.0. The summed E-state index contributed by atoms with van der Waals surface area (Å²) >= 11 is 1.31. The van der Waals surface area contributed by atoms with Crippen LogP contribution in [0.5, 0.6) is 17.2 Å². The molecule has 4 aromatic rings. The minimum atomic E-state index is -0.512. The third-order valence-corrected chi connectivity index (χ3v) is 6.49. The minimum absolute atomic E-state index is 0.0640. The molecular formula is C27H20N4O5S. The number of nitrogens with zero attached hydrogens (tertiary/aromatic N) is 2. The Morgan fingerprint density at radius 2 is 1.97 bits per heavy atom. The van der Waals surface area contributed by atoms with Crippen LogP contribution in [0.15, 0.2) is 76.7 Å². The summed E-state index contributed by atoms with van der Waals surface area (Å²) in [4.78, 5) is 32.5. The third kappa shape index (κ3) is 5.27. The van der Waals surface area contributed by atoms with Crippen molar-refractivity contribution < 1.29 is 19.0 Å². The standard InChI is InChI=1S/C27H20N4O5S/c1-34-20-7-3-5-17(11-20)24-21(13-28)26(33)31-27(30-24)37-14-16-4-2-6-19(10-16)29-25(32)18-8-9-22-23(12-18)36-15-35-22/h2-12H,14-15H2,1H3,(H,29,32)(H,30,31,33). The van der Waals surface area contributed by atoms with Gasteiger partial charge in [-0.15, -0.1) is 0 Å². The average Bonchev–Trinajstić information content (AvgIpc) is 3.40. The molecule has 9 nitrogen and oxygen atoms in total. The fourth-order valence-corrected chi connectivity index (χ4v) is 4.54. The van der Waals surface area contributed by atoms with Gasteiger partial charge in [-0.3, -0.25) is 9.59 Å².